The Morgan fingerprint density at radius 1 is 0.946 bits per heavy atom. The fourth-order valence-corrected chi connectivity index (χ4v) is 5.25. The lowest BCUT2D eigenvalue weighted by atomic mass is 10.1. The van der Waals surface area contributed by atoms with Crippen molar-refractivity contribution in [1.29, 1.82) is 0 Å². The van der Waals surface area contributed by atoms with Crippen LogP contribution in [0.3, 0.4) is 0 Å². The van der Waals surface area contributed by atoms with Crippen LogP contribution in [0, 0.1) is 0 Å². The lowest BCUT2D eigenvalue weighted by molar-refractivity contribution is -0.114. The molecule has 0 atom stereocenters. The minimum Gasteiger partial charge on any atom is -0.494 e. The molecule has 1 amide bonds. The monoisotopic (exact) mass is 542 g/mol. The van der Waals surface area contributed by atoms with Crippen molar-refractivity contribution < 1.29 is 17.9 Å². The average molecular weight is 543 g/mol. The standard InChI is InChI=1S/C27H30N4O4S.ClH/c1-4-5-8-15-36(33,34)31-20-12-14-24(26(17-20)35-3)30-27-21-9-6-7-10-23(21)29-25-16-19(28-18(2)32)11-13-22(25)27;/h6-7,9-14,16-17,31H,4-5,8,15H2,1-3H3,(H,28,32)(H,29,30);1H. The molecule has 0 spiro atoms. The summed E-state index contributed by atoms with van der Waals surface area (Å²) in [5.74, 6) is 0.422. The number of anilines is 4. The lowest BCUT2D eigenvalue weighted by Gasteiger charge is -2.17. The quantitative estimate of drug-likeness (QED) is 0.157. The Kier molecular flexibility index (Phi) is 9.18. The van der Waals surface area contributed by atoms with Crippen LogP contribution in [0.1, 0.15) is 33.1 Å². The minimum atomic E-state index is -3.44. The molecule has 0 aliphatic carbocycles. The summed E-state index contributed by atoms with van der Waals surface area (Å²) in [6.45, 7) is 3.50. The molecule has 196 valence electrons. The summed E-state index contributed by atoms with van der Waals surface area (Å²) >= 11 is 0. The van der Waals surface area contributed by atoms with Crippen LogP contribution in [-0.2, 0) is 14.8 Å². The zero-order valence-electron chi connectivity index (χ0n) is 21.0. The highest BCUT2D eigenvalue weighted by Gasteiger charge is 2.15. The van der Waals surface area contributed by atoms with E-state index in [0.717, 1.165) is 40.3 Å². The number of unbranched alkanes of at least 4 members (excludes halogenated alkanes) is 2. The van der Waals surface area contributed by atoms with Crippen molar-refractivity contribution >= 4 is 72.9 Å². The van der Waals surface area contributed by atoms with E-state index in [1.807, 2.05) is 49.4 Å². The largest absolute Gasteiger partial charge is 0.494 e. The second-order valence-corrected chi connectivity index (χ2v) is 10.4. The molecule has 0 saturated heterocycles. The Labute approximate surface area is 223 Å². The number of ether oxygens (including phenoxy) is 1. The Balaban J connectivity index is 0.00000380. The van der Waals surface area contributed by atoms with Gasteiger partial charge < -0.3 is 15.4 Å². The van der Waals surface area contributed by atoms with Gasteiger partial charge in [0, 0.05) is 29.4 Å². The summed E-state index contributed by atoms with van der Waals surface area (Å²) in [5, 5.41) is 8.05. The minimum absolute atomic E-state index is 0. The molecule has 0 aliphatic heterocycles. The average Bonchev–Trinajstić information content (AvgIpc) is 2.84. The van der Waals surface area contributed by atoms with E-state index in [2.05, 4.69) is 15.4 Å². The third kappa shape index (κ3) is 6.81. The second-order valence-electron chi connectivity index (χ2n) is 8.59. The molecule has 0 aliphatic rings. The fourth-order valence-electron chi connectivity index (χ4n) is 4.07. The Bertz CT molecular complexity index is 1530. The predicted octanol–water partition coefficient (Wildman–Crippen LogP) is 6.45. The highest BCUT2D eigenvalue weighted by molar-refractivity contribution is 7.92. The highest BCUT2D eigenvalue weighted by atomic mass is 35.5. The van der Waals surface area contributed by atoms with Gasteiger partial charge in [-0.15, -0.1) is 12.4 Å². The molecule has 1 aromatic heterocycles. The number of sulfonamides is 1. The first-order valence-electron chi connectivity index (χ1n) is 11.9. The van der Waals surface area contributed by atoms with Crippen molar-refractivity contribution in [3.63, 3.8) is 0 Å². The van der Waals surface area contributed by atoms with Gasteiger partial charge in [-0.25, -0.2) is 13.4 Å². The van der Waals surface area contributed by atoms with Gasteiger partial charge in [-0.2, -0.15) is 0 Å². The van der Waals surface area contributed by atoms with Crippen LogP contribution in [-0.4, -0.2) is 32.2 Å². The highest BCUT2D eigenvalue weighted by Crippen LogP contribution is 2.37. The Hall–Kier alpha value is -3.56. The number of para-hydroxylation sites is 1. The SMILES string of the molecule is CCCCCS(=O)(=O)Nc1ccc(Nc2c3ccccc3nc3cc(NC(C)=O)ccc23)c(OC)c1.Cl. The van der Waals surface area contributed by atoms with Gasteiger partial charge in [-0.1, -0.05) is 38.0 Å². The molecule has 0 radical (unpaired) electrons. The number of aromatic nitrogens is 1. The van der Waals surface area contributed by atoms with Crippen molar-refractivity contribution in [3.8, 4) is 5.75 Å². The first-order valence-corrected chi connectivity index (χ1v) is 13.5. The number of methoxy groups -OCH3 is 1. The van der Waals surface area contributed by atoms with E-state index in [-0.39, 0.29) is 24.1 Å². The summed E-state index contributed by atoms with van der Waals surface area (Å²) in [5.41, 5.74) is 4.13. The molecule has 0 bridgehead atoms. The van der Waals surface area contributed by atoms with E-state index in [9.17, 15) is 13.2 Å². The molecule has 0 unspecified atom stereocenters. The number of pyridine rings is 1. The summed E-state index contributed by atoms with van der Waals surface area (Å²) in [7, 11) is -1.89. The van der Waals surface area contributed by atoms with Crippen LogP contribution < -0.4 is 20.1 Å². The van der Waals surface area contributed by atoms with Crippen LogP contribution >= 0.6 is 12.4 Å². The van der Waals surface area contributed by atoms with E-state index in [4.69, 9.17) is 9.72 Å². The molecule has 10 heteroatoms. The number of hydrogen-bond acceptors (Lipinski definition) is 6. The number of carbonyl (C=O) groups excluding carboxylic acids is 1. The van der Waals surface area contributed by atoms with Gasteiger partial charge in [-0.05, 0) is 42.8 Å². The smallest absolute Gasteiger partial charge is 0.232 e. The molecule has 8 nitrogen and oxygen atoms in total. The summed E-state index contributed by atoms with van der Waals surface area (Å²) in [6.07, 6.45) is 2.44. The maximum absolute atomic E-state index is 12.4. The topological polar surface area (TPSA) is 109 Å². The number of amides is 1. The van der Waals surface area contributed by atoms with Gasteiger partial charge in [-0.3, -0.25) is 9.52 Å². The molecular weight excluding hydrogens is 512 g/mol. The Morgan fingerprint density at radius 2 is 1.68 bits per heavy atom. The summed E-state index contributed by atoms with van der Waals surface area (Å²) < 4.78 is 33.1. The molecule has 3 N–H and O–H groups in total. The van der Waals surface area contributed by atoms with Gasteiger partial charge in [0.05, 0.1) is 41.0 Å². The predicted molar refractivity (Wildman–Crippen MR) is 154 cm³/mol. The van der Waals surface area contributed by atoms with Crippen molar-refractivity contribution in [2.45, 2.75) is 33.1 Å². The molecule has 37 heavy (non-hydrogen) atoms. The van der Waals surface area contributed by atoms with Crippen LogP contribution in [0.2, 0.25) is 0 Å². The normalized spacial score (nSPS) is 11.1. The van der Waals surface area contributed by atoms with Gasteiger partial charge in [0.1, 0.15) is 5.75 Å². The zero-order chi connectivity index (χ0) is 25.7. The zero-order valence-corrected chi connectivity index (χ0v) is 22.6. The maximum atomic E-state index is 12.4. The van der Waals surface area contributed by atoms with Crippen molar-refractivity contribution in [2.75, 3.05) is 28.2 Å². The van der Waals surface area contributed by atoms with Crippen LogP contribution in [0.5, 0.6) is 5.75 Å². The van der Waals surface area contributed by atoms with E-state index in [1.54, 1.807) is 25.3 Å². The van der Waals surface area contributed by atoms with Gasteiger partial charge in [0.15, 0.2) is 0 Å². The number of benzene rings is 3. The first kappa shape index (κ1) is 28.0. The summed E-state index contributed by atoms with van der Waals surface area (Å²) in [6, 6.07) is 18.5. The number of rotatable bonds is 10. The van der Waals surface area contributed by atoms with Crippen LogP contribution in [0.4, 0.5) is 22.7 Å². The maximum Gasteiger partial charge on any atom is 0.232 e. The van der Waals surface area contributed by atoms with E-state index in [1.165, 1.54) is 6.92 Å². The summed E-state index contributed by atoms with van der Waals surface area (Å²) in [4.78, 5) is 16.3. The number of halogens is 1. The van der Waals surface area contributed by atoms with Gasteiger partial charge >= 0.3 is 0 Å². The van der Waals surface area contributed by atoms with Crippen molar-refractivity contribution in [1.82, 2.24) is 4.98 Å². The molecule has 1 heterocycles. The number of hydrogen-bond donors (Lipinski definition) is 3. The Morgan fingerprint density at radius 3 is 2.41 bits per heavy atom. The molecule has 4 rings (SSSR count). The van der Waals surface area contributed by atoms with Crippen LogP contribution in [0.25, 0.3) is 21.8 Å². The van der Waals surface area contributed by atoms with Gasteiger partial charge in [0.2, 0.25) is 15.9 Å². The van der Waals surface area contributed by atoms with E-state index >= 15 is 0 Å². The molecular formula is C27H31ClN4O4S. The lowest BCUT2D eigenvalue weighted by Crippen LogP contribution is -2.16. The van der Waals surface area contributed by atoms with Gasteiger partial charge in [0.25, 0.3) is 0 Å². The number of nitrogens with one attached hydrogen (secondary N) is 3. The third-order valence-electron chi connectivity index (χ3n) is 5.75. The molecule has 4 aromatic rings. The molecule has 0 fully saturated rings. The van der Waals surface area contributed by atoms with Crippen molar-refractivity contribution in [3.05, 3.63) is 60.7 Å². The first-order chi connectivity index (χ1) is 17.3. The number of carbonyl (C=O) groups is 1. The van der Waals surface area contributed by atoms with Crippen LogP contribution in [0.15, 0.2) is 60.7 Å². The van der Waals surface area contributed by atoms with E-state index in [0.29, 0.717) is 29.2 Å². The molecule has 3 aromatic carbocycles. The van der Waals surface area contributed by atoms with E-state index < -0.39 is 10.0 Å². The number of fused-ring (bicyclic) bond motifs is 2. The molecule has 0 saturated carbocycles. The number of nitrogens with zero attached hydrogens (tertiary/aromatic N) is 1. The van der Waals surface area contributed by atoms with Crippen molar-refractivity contribution in [2.24, 2.45) is 0 Å². The second kappa shape index (κ2) is 12.1. The fraction of sp³-hybridized carbons (Fsp3) is 0.259. The third-order valence-corrected chi connectivity index (χ3v) is 7.13.